The molecule has 0 aromatic heterocycles. The Hall–Kier alpha value is -2.13. The highest BCUT2D eigenvalue weighted by Gasteiger charge is 2.29. The van der Waals surface area contributed by atoms with Crippen molar-refractivity contribution < 1.29 is 22.7 Å². The highest BCUT2D eigenvalue weighted by atomic mass is 35.5. The molecule has 2 aliphatic heterocycles. The van der Waals surface area contributed by atoms with Crippen LogP contribution in [-0.2, 0) is 16.6 Å². The SMILES string of the molecule is CC(=O)c1cccc(S(=O)(=O)N2CCN(Cc3cc(Cl)c4c(c3)OCCO4)CC2)c1. The lowest BCUT2D eigenvalue weighted by Crippen LogP contribution is -2.48. The molecule has 0 N–H and O–H groups in total. The van der Waals surface area contributed by atoms with Gasteiger partial charge < -0.3 is 9.47 Å². The van der Waals surface area contributed by atoms with E-state index in [1.807, 2.05) is 12.1 Å². The lowest BCUT2D eigenvalue weighted by Gasteiger charge is -2.34. The van der Waals surface area contributed by atoms with Crippen molar-refractivity contribution in [3.63, 3.8) is 0 Å². The Morgan fingerprint density at radius 2 is 1.80 bits per heavy atom. The molecule has 2 aromatic rings. The van der Waals surface area contributed by atoms with Gasteiger partial charge >= 0.3 is 0 Å². The first-order valence-corrected chi connectivity index (χ1v) is 11.6. The summed E-state index contributed by atoms with van der Waals surface area (Å²) in [6, 6.07) is 10.00. The van der Waals surface area contributed by atoms with Crippen LogP contribution in [-0.4, -0.2) is 62.8 Å². The lowest BCUT2D eigenvalue weighted by atomic mass is 10.1. The van der Waals surface area contributed by atoms with Gasteiger partial charge in [-0.25, -0.2) is 8.42 Å². The quantitative estimate of drug-likeness (QED) is 0.652. The number of carbonyl (C=O) groups excluding carboxylic acids is 1. The predicted molar refractivity (Wildman–Crippen MR) is 113 cm³/mol. The number of carbonyl (C=O) groups is 1. The molecule has 0 radical (unpaired) electrons. The van der Waals surface area contributed by atoms with Crippen LogP contribution >= 0.6 is 11.6 Å². The highest BCUT2D eigenvalue weighted by molar-refractivity contribution is 7.89. The summed E-state index contributed by atoms with van der Waals surface area (Å²) in [5.41, 5.74) is 1.39. The fourth-order valence-electron chi connectivity index (χ4n) is 3.67. The van der Waals surface area contributed by atoms with Crippen molar-refractivity contribution >= 4 is 27.4 Å². The van der Waals surface area contributed by atoms with Gasteiger partial charge in [-0.1, -0.05) is 23.7 Å². The Kier molecular flexibility index (Phi) is 6.02. The van der Waals surface area contributed by atoms with E-state index in [9.17, 15) is 13.2 Å². The summed E-state index contributed by atoms with van der Waals surface area (Å²) < 4.78 is 38.6. The number of nitrogens with zero attached hydrogens (tertiary/aromatic N) is 2. The fourth-order valence-corrected chi connectivity index (χ4v) is 5.42. The Labute approximate surface area is 181 Å². The molecule has 0 bridgehead atoms. The number of piperazine rings is 1. The van der Waals surface area contributed by atoms with Crippen LogP contribution in [0.1, 0.15) is 22.8 Å². The molecule has 7 nitrogen and oxygen atoms in total. The second-order valence-electron chi connectivity index (χ2n) is 7.37. The summed E-state index contributed by atoms with van der Waals surface area (Å²) in [5, 5.41) is 0.522. The number of ether oxygens (including phenoxy) is 2. The maximum atomic E-state index is 13.0. The standard InChI is InChI=1S/C21H23ClN2O5S/c1-15(25)17-3-2-4-18(13-17)30(26,27)24-7-5-23(6-8-24)14-16-11-19(22)21-20(12-16)28-9-10-29-21/h2-4,11-13H,5-10,14H2,1H3. The molecule has 1 saturated heterocycles. The molecule has 2 aliphatic rings. The zero-order valence-corrected chi connectivity index (χ0v) is 18.2. The summed E-state index contributed by atoms with van der Waals surface area (Å²) in [5.74, 6) is 1.07. The Balaban J connectivity index is 1.42. The first-order valence-electron chi connectivity index (χ1n) is 9.76. The Morgan fingerprint density at radius 1 is 1.07 bits per heavy atom. The zero-order chi connectivity index (χ0) is 21.3. The third-order valence-electron chi connectivity index (χ3n) is 5.27. The molecule has 30 heavy (non-hydrogen) atoms. The molecular weight excluding hydrogens is 428 g/mol. The maximum Gasteiger partial charge on any atom is 0.243 e. The summed E-state index contributed by atoms with van der Waals surface area (Å²) in [4.78, 5) is 13.9. The molecular formula is C21H23ClN2O5S. The first kappa shape index (κ1) is 21.1. The number of fused-ring (bicyclic) bond motifs is 1. The summed E-state index contributed by atoms with van der Waals surface area (Å²) in [6.07, 6.45) is 0. The van der Waals surface area contributed by atoms with Gasteiger partial charge in [0, 0.05) is 38.3 Å². The van der Waals surface area contributed by atoms with E-state index in [2.05, 4.69) is 4.90 Å². The minimum absolute atomic E-state index is 0.155. The van der Waals surface area contributed by atoms with E-state index in [1.54, 1.807) is 12.1 Å². The maximum absolute atomic E-state index is 13.0. The molecule has 0 saturated carbocycles. The normalized spacial score (nSPS) is 17.7. The molecule has 4 rings (SSSR count). The molecule has 160 valence electrons. The van der Waals surface area contributed by atoms with E-state index in [0.29, 0.717) is 68.0 Å². The number of hydrogen-bond donors (Lipinski definition) is 0. The van der Waals surface area contributed by atoms with E-state index in [1.165, 1.54) is 23.4 Å². The van der Waals surface area contributed by atoms with Crippen LogP contribution in [0.15, 0.2) is 41.3 Å². The average Bonchev–Trinajstić information content (AvgIpc) is 2.74. The molecule has 0 amide bonds. The van der Waals surface area contributed by atoms with E-state index in [4.69, 9.17) is 21.1 Å². The average molecular weight is 451 g/mol. The molecule has 0 aliphatic carbocycles. The van der Waals surface area contributed by atoms with Gasteiger partial charge in [-0.3, -0.25) is 9.69 Å². The van der Waals surface area contributed by atoms with Crippen molar-refractivity contribution in [3.8, 4) is 11.5 Å². The van der Waals surface area contributed by atoms with E-state index >= 15 is 0 Å². The van der Waals surface area contributed by atoms with Crippen molar-refractivity contribution in [2.75, 3.05) is 39.4 Å². The van der Waals surface area contributed by atoms with Gasteiger partial charge in [-0.05, 0) is 36.8 Å². The zero-order valence-electron chi connectivity index (χ0n) is 16.6. The molecule has 0 unspecified atom stereocenters. The number of sulfonamides is 1. The van der Waals surface area contributed by atoms with Crippen LogP contribution in [0.5, 0.6) is 11.5 Å². The number of rotatable bonds is 5. The number of halogens is 1. The summed E-state index contributed by atoms with van der Waals surface area (Å²) in [7, 11) is -3.64. The van der Waals surface area contributed by atoms with Gasteiger partial charge in [0.1, 0.15) is 13.2 Å². The van der Waals surface area contributed by atoms with Gasteiger partial charge in [0.15, 0.2) is 17.3 Å². The molecule has 0 atom stereocenters. The summed E-state index contributed by atoms with van der Waals surface area (Å²) in [6.45, 7) is 5.00. The Bertz CT molecular complexity index is 1070. The Morgan fingerprint density at radius 3 is 2.53 bits per heavy atom. The van der Waals surface area contributed by atoms with Gasteiger partial charge in [0.25, 0.3) is 0 Å². The molecule has 9 heteroatoms. The molecule has 2 heterocycles. The third kappa shape index (κ3) is 4.32. The second kappa shape index (κ2) is 8.55. The first-order chi connectivity index (χ1) is 14.3. The van der Waals surface area contributed by atoms with Crippen molar-refractivity contribution in [1.29, 1.82) is 0 Å². The monoisotopic (exact) mass is 450 g/mol. The predicted octanol–water partition coefficient (Wildman–Crippen LogP) is 2.82. The van der Waals surface area contributed by atoms with Crippen LogP contribution in [0.25, 0.3) is 0 Å². The largest absolute Gasteiger partial charge is 0.486 e. The van der Waals surface area contributed by atoms with Crippen LogP contribution in [0.2, 0.25) is 5.02 Å². The number of Topliss-reactive ketones (excluding diaryl/α,β-unsaturated/α-hetero) is 1. The van der Waals surface area contributed by atoms with Crippen molar-refractivity contribution in [3.05, 3.63) is 52.5 Å². The lowest BCUT2D eigenvalue weighted by molar-refractivity contribution is 0.101. The smallest absolute Gasteiger partial charge is 0.243 e. The van der Waals surface area contributed by atoms with E-state index in [0.717, 1.165) is 5.56 Å². The van der Waals surface area contributed by atoms with Gasteiger partial charge in [0.2, 0.25) is 10.0 Å². The fraction of sp³-hybridized carbons (Fsp3) is 0.381. The van der Waals surface area contributed by atoms with Crippen molar-refractivity contribution in [1.82, 2.24) is 9.21 Å². The molecule has 0 spiro atoms. The number of ketones is 1. The second-order valence-corrected chi connectivity index (χ2v) is 9.71. The topological polar surface area (TPSA) is 76.2 Å². The van der Waals surface area contributed by atoms with Crippen LogP contribution in [0, 0.1) is 0 Å². The van der Waals surface area contributed by atoms with E-state index in [-0.39, 0.29) is 10.7 Å². The van der Waals surface area contributed by atoms with Crippen molar-refractivity contribution in [2.45, 2.75) is 18.4 Å². The van der Waals surface area contributed by atoms with Gasteiger partial charge in [0.05, 0.1) is 9.92 Å². The highest BCUT2D eigenvalue weighted by Crippen LogP contribution is 2.38. The van der Waals surface area contributed by atoms with E-state index < -0.39 is 10.0 Å². The number of hydrogen-bond acceptors (Lipinski definition) is 6. The van der Waals surface area contributed by atoms with Crippen LogP contribution < -0.4 is 9.47 Å². The van der Waals surface area contributed by atoms with Crippen molar-refractivity contribution in [2.24, 2.45) is 0 Å². The minimum atomic E-state index is -3.64. The number of benzene rings is 2. The third-order valence-corrected chi connectivity index (χ3v) is 7.45. The van der Waals surface area contributed by atoms with Gasteiger partial charge in [-0.15, -0.1) is 0 Å². The van der Waals surface area contributed by atoms with Crippen LogP contribution in [0.4, 0.5) is 0 Å². The minimum Gasteiger partial charge on any atom is -0.486 e. The summed E-state index contributed by atoms with van der Waals surface area (Å²) >= 11 is 6.32. The van der Waals surface area contributed by atoms with Gasteiger partial charge in [-0.2, -0.15) is 4.31 Å². The van der Waals surface area contributed by atoms with Crippen LogP contribution in [0.3, 0.4) is 0 Å². The molecule has 1 fully saturated rings. The molecule has 2 aromatic carbocycles.